The Bertz CT molecular complexity index is 421. The maximum absolute atomic E-state index is 12.0. The van der Waals surface area contributed by atoms with Crippen LogP contribution >= 0.6 is 0 Å². The molecule has 1 saturated heterocycles. The van der Waals surface area contributed by atoms with E-state index in [0.717, 1.165) is 13.1 Å². The normalized spacial score (nSPS) is 17.6. The predicted octanol–water partition coefficient (Wildman–Crippen LogP) is -1.22. The number of carbonyl (C=O) groups excluding carboxylic acids is 1. The summed E-state index contributed by atoms with van der Waals surface area (Å²) in [4.78, 5) is 11.5. The number of hydrogen-bond donors (Lipinski definition) is 3. The summed E-state index contributed by atoms with van der Waals surface area (Å²) >= 11 is 0. The Morgan fingerprint density at radius 3 is 2.94 bits per heavy atom. The first-order valence-electron chi connectivity index (χ1n) is 5.45. The summed E-state index contributed by atoms with van der Waals surface area (Å²) in [5, 5.41) is 21.5. The zero-order chi connectivity index (χ0) is 13.1. The monoisotopic (exact) mass is 261 g/mol. The number of nitrogens with zero attached hydrogens (tertiary/aromatic N) is 3. The Balaban J connectivity index is 1.86. The van der Waals surface area contributed by atoms with E-state index in [9.17, 15) is 13.6 Å². The number of nitrogens with one attached hydrogen (secondary N) is 2. The molecule has 1 aliphatic heterocycles. The van der Waals surface area contributed by atoms with Crippen LogP contribution in [-0.4, -0.2) is 58.2 Å². The number of carbonyl (C=O) groups is 1. The highest BCUT2D eigenvalue weighted by Gasteiger charge is 2.22. The van der Waals surface area contributed by atoms with Crippen molar-refractivity contribution in [3.05, 3.63) is 11.9 Å². The van der Waals surface area contributed by atoms with Gasteiger partial charge in [0.2, 0.25) is 0 Å². The third-order valence-corrected chi connectivity index (χ3v) is 2.64. The van der Waals surface area contributed by atoms with Crippen LogP contribution in [0.25, 0.3) is 0 Å². The summed E-state index contributed by atoms with van der Waals surface area (Å²) in [6.45, 7) is 0.997. The van der Waals surface area contributed by atoms with Crippen LogP contribution in [0.15, 0.2) is 6.20 Å². The number of aromatic nitrogens is 3. The van der Waals surface area contributed by atoms with Gasteiger partial charge >= 0.3 is 0 Å². The van der Waals surface area contributed by atoms with Crippen LogP contribution < -0.4 is 10.6 Å². The second-order valence-corrected chi connectivity index (χ2v) is 4.01. The van der Waals surface area contributed by atoms with Gasteiger partial charge in [-0.15, -0.1) is 5.10 Å². The summed E-state index contributed by atoms with van der Waals surface area (Å²) in [7, 11) is 0. The second kappa shape index (κ2) is 5.36. The molecule has 1 fully saturated rings. The second-order valence-electron chi connectivity index (χ2n) is 4.01. The highest BCUT2D eigenvalue weighted by molar-refractivity contribution is 5.91. The van der Waals surface area contributed by atoms with Crippen molar-refractivity contribution in [3.63, 3.8) is 0 Å². The van der Waals surface area contributed by atoms with Crippen molar-refractivity contribution in [2.45, 2.75) is 18.6 Å². The molecule has 1 atom stereocenters. The zero-order valence-corrected chi connectivity index (χ0v) is 9.38. The van der Waals surface area contributed by atoms with Gasteiger partial charge in [-0.25, -0.2) is 13.5 Å². The highest BCUT2D eigenvalue weighted by Crippen LogP contribution is 2.09. The number of rotatable bonds is 5. The standard InChI is InChI=1S/C9H13F2N5O2/c10-8(11)7(17)3-13-9(18)6-4-16(15-14-6)5-1-12-2-5/h4-5,7-8,12,17H,1-3H2,(H,13,18). The first kappa shape index (κ1) is 12.8. The van der Waals surface area contributed by atoms with Crippen LogP contribution in [0.3, 0.4) is 0 Å². The fourth-order valence-corrected chi connectivity index (χ4v) is 1.40. The molecule has 0 spiro atoms. The van der Waals surface area contributed by atoms with E-state index in [2.05, 4.69) is 20.9 Å². The molecule has 9 heteroatoms. The minimum Gasteiger partial charge on any atom is -0.385 e. The number of halogens is 2. The molecule has 7 nitrogen and oxygen atoms in total. The maximum atomic E-state index is 12.0. The number of aliphatic hydroxyl groups excluding tert-OH is 1. The van der Waals surface area contributed by atoms with Gasteiger partial charge in [0.15, 0.2) is 5.69 Å². The lowest BCUT2D eigenvalue weighted by atomic mass is 10.2. The molecule has 0 radical (unpaired) electrons. The SMILES string of the molecule is O=C(NCC(O)C(F)F)c1cn(C2CNC2)nn1. The molecule has 2 heterocycles. The lowest BCUT2D eigenvalue weighted by molar-refractivity contribution is -0.00272. The summed E-state index contributed by atoms with van der Waals surface area (Å²) in [5.41, 5.74) is 0.0448. The molecule has 1 amide bonds. The predicted molar refractivity (Wildman–Crippen MR) is 56.3 cm³/mol. The Labute approximate surface area is 101 Å². The van der Waals surface area contributed by atoms with Crippen LogP contribution in [0.4, 0.5) is 8.78 Å². The molecule has 1 aromatic rings. The molecule has 0 aliphatic carbocycles. The van der Waals surface area contributed by atoms with Gasteiger partial charge in [0, 0.05) is 19.6 Å². The van der Waals surface area contributed by atoms with Crippen molar-refractivity contribution in [1.29, 1.82) is 0 Å². The molecule has 1 aliphatic rings. The van der Waals surface area contributed by atoms with E-state index in [-0.39, 0.29) is 11.7 Å². The van der Waals surface area contributed by atoms with Gasteiger partial charge in [-0.1, -0.05) is 5.21 Å². The lowest BCUT2D eigenvalue weighted by Crippen LogP contribution is -2.43. The first-order valence-corrected chi connectivity index (χ1v) is 5.45. The number of aliphatic hydroxyl groups is 1. The van der Waals surface area contributed by atoms with Gasteiger partial charge in [-0.2, -0.15) is 0 Å². The Kier molecular flexibility index (Phi) is 3.82. The largest absolute Gasteiger partial charge is 0.385 e. The summed E-state index contributed by atoms with van der Waals surface area (Å²) in [6, 6.07) is 0.172. The number of alkyl halides is 2. The lowest BCUT2D eigenvalue weighted by Gasteiger charge is -2.26. The van der Waals surface area contributed by atoms with Gasteiger partial charge in [0.05, 0.1) is 12.2 Å². The Hall–Kier alpha value is -1.61. The summed E-state index contributed by atoms with van der Waals surface area (Å²) < 4.78 is 25.6. The number of amides is 1. The minimum atomic E-state index is -2.89. The maximum Gasteiger partial charge on any atom is 0.273 e. The third-order valence-electron chi connectivity index (χ3n) is 2.64. The smallest absolute Gasteiger partial charge is 0.273 e. The fraction of sp³-hybridized carbons (Fsp3) is 0.667. The summed E-state index contributed by atoms with van der Waals surface area (Å²) in [6.07, 6.45) is -3.31. The minimum absolute atomic E-state index is 0.0448. The molecule has 100 valence electrons. The van der Waals surface area contributed by atoms with Crippen molar-refractivity contribution in [2.24, 2.45) is 0 Å². The molecule has 0 saturated carbocycles. The molecule has 2 rings (SSSR count). The van der Waals surface area contributed by atoms with E-state index in [1.807, 2.05) is 0 Å². The molecule has 3 N–H and O–H groups in total. The van der Waals surface area contributed by atoms with Gasteiger partial charge in [-0.05, 0) is 0 Å². The molecule has 18 heavy (non-hydrogen) atoms. The number of hydrogen-bond acceptors (Lipinski definition) is 5. The first-order chi connectivity index (χ1) is 8.58. The van der Waals surface area contributed by atoms with Crippen LogP contribution in [0, 0.1) is 0 Å². The molecule has 0 bridgehead atoms. The molecular formula is C9H13F2N5O2. The molecular weight excluding hydrogens is 248 g/mol. The van der Waals surface area contributed by atoms with E-state index < -0.39 is 25.0 Å². The fourth-order valence-electron chi connectivity index (χ4n) is 1.40. The van der Waals surface area contributed by atoms with Gasteiger partial charge in [-0.3, -0.25) is 4.79 Å². The van der Waals surface area contributed by atoms with Gasteiger partial charge < -0.3 is 15.7 Å². The van der Waals surface area contributed by atoms with E-state index >= 15 is 0 Å². The van der Waals surface area contributed by atoms with Crippen LogP contribution in [0.1, 0.15) is 16.5 Å². The Morgan fingerprint density at radius 2 is 2.39 bits per heavy atom. The highest BCUT2D eigenvalue weighted by atomic mass is 19.3. The Morgan fingerprint density at radius 1 is 1.67 bits per heavy atom. The van der Waals surface area contributed by atoms with E-state index in [4.69, 9.17) is 5.11 Å². The zero-order valence-electron chi connectivity index (χ0n) is 9.38. The average Bonchev–Trinajstić information content (AvgIpc) is 2.72. The van der Waals surface area contributed by atoms with Crippen molar-refractivity contribution in [2.75, 3.05) is 19.6 Å². The third kappa shape index (κ3) is 2.79. The molecule has 1 unspecified atom stereocenters. The van der Waals surface area contributed by atoms with Crippen LogP contribution in [-0.2, 0) is 0 Å². The van der Waals surface area contributed by atoms with Crippen LogP contribution in [0.2, 0.25) is 0 Å². The topological polar surface area (TPSA) is 92.1 Å². The van der Waals surface area contributed by atoms with Crippen molar-refractivity contribution in [1.82, 2.24) is 25.6 Å². The molecule has 0 aromatic carbocycles. The van der Waals surface area contributed by atoms with E-state index in [1.165, 1.54) is 6.20 Å². The van der Waals surface area contributed by atoms with Crippen molar-refractivity contribution in [3.8, 4) is 0 Å². The van der Waals surface area contributed by atoms with E-state index in [0.29, 0.717) is 0 Å². The van der Waals surface area contributed by atoms with Crippen LogP contribution in [0.5, 0.6) is 0 Å². The van der Waals surface area contributed by atoms with Gasteiger partial charge in [0.1, 0.15) is 6.10 Å². The van der Waals surface area contributed by atoms with E-state index in [1.54, 1.807) is 4.68 Å². The van der Waals surface area contributed by atoms with Crippen molar-refractivity contribution < 1.29 is 18.7 Å². The quantitative estimate of drug-likeness (QED) is 0.618. The van der Waals surface area contributed by atoms with Gasteiger partial charge in [0.25, 0.3) is 12.3 Å². The van der Waals surface area contributed by atoms with Crippen molar-refractivity contribution >= 4 is 5.91 Å². The average molecular weight is 261 g/mol. The summed E-state index contributed by atoms with van der Waals surface area (Å²) in [5.74, 6) is -0.631. The molecule has 1 aromatic heterocycles.